The Morgan fingerprint density at radius 3 is 2.33 bits per heavy atom. The molecule has 0 spiro atoms. The van der Waals surface area contributed by atoms with E-state index in [2.05, 4.69) is 80.8 Å². The van der Waals surface area contributed by atoms with Gasteiger partial charge >= 0.3 is 0 Å². The molecule has 0 bridgehead atoms. The molecule has 3 aromatic heterocycles. The molecule has 5 heteroatoms. The maximum absolute atomic E-state index is 9.95. The van der Waals surface area contributed by atoms with E-state index < -0.39 is 0 Å². The molecular formula is C25H22N2S3. The van der Waals surface area contributed by atoms with E-state index in [-0.39, 0.29) is 5.41 Å². The molecule has 4 aromatic rings. The predicted molar refractivity (Wildman–Crippen MR) is 130 cm³/mol. The van der Waals surface area contributed by atoms with Crippen LogP contribution in [0.2, 0.25) is 0 Å². The molecule has 0 N–H and O–H groups in total. The van der Waals surface area contributed by atoms with Crippen LogP contribution in [0, 0.1) is 11.3 Å². The monoisotopic (exact) mass is 446 g/mol. The number of nitriles is 1. The number of thiophene rings is 2. The number of aromatic nitrogens is 1. The third-order valence-corrected chi connectivity index (χ3v) is 7.85. The Bertz CT molecular complexity index is 1160. The van der Waals surface area contributed by atoms with Gasteiger partial charge in [0.2, 0.25) is 0 Å². The van der Waals surface area contributed by atoms with Crippen molar-refractivity contribution in [3.63, 3.8) is 0 Å². The van der Waals surface area contributed by atoms with E-state index in [1.165, 1.54) is 10.4 Å². The van der Waals surface area contributed by atoms with Crippen LogP contribution in [0.1, 0.15) is 36.8 Å². The van der Waals surface area contributed by atoms with Crippen LogP contribution in [0.5, 0.6) is 0 Å². The second-order valence-corrected chi connectivity index (χ2v) is 11.0. The lowest BCUT2D eigenvalue weighted by molar-refractivity contribution is 0.590. The van der Waals surface area contributed by atoms with Crippen LogP contribution in [-0.4, -0.2) is 4.98 Å². The first-order valence-corrected chi connectivity index (χ1v) is 12.5. The summed E-state index contributed by atoms with van der Waals surface area (Å²) >= 11 is 5.02. The fourth-order valence-electron chi connectivity index (χ4n) is 3.18. The van der Waals surface area contributed by atoms with E-state index in [9.17, 15) is 5.26 Å². The van der Waals surface area contributed by atoms with Crippen molar-refractivity contribution in [3.8, 4) is 27.8 Å². The fourth-order valence-corrected chi connectivity index (χ4v) is 5.71. The van der Waals surface area contributed by atoms with Crippen molar-refractivity contribution in [2.75, 3.05) is 0 Å². The summed E-state index contributed by atoms with van der Waals surface area (Å²) in [6.07, 6.45) is 0. The van der Waals surface area contributed by atoms with Crippen LogP contribution in [-0.2, 0) is 11.2 Å². The van der Waals surface area contributed by atoms with Crippen LogP contribution in [0.3, 0.4) is 0 Å². The largest absolute Gasteiger partial charge is 0.240 e. The van der Waals surface area contributed by atoms with Gasteiger partial charge in [-0.2, -0.15) is 5.26 Å². The van der Waals surface area contributed by atoms with E-state index in [0.29, 0.717) is 5.56 Å². The lowest BCUT2D eigenvalue weighted by atomic mass is 9.86. The van der Waals surface area contributed by atoms with E-state index in [1.54, 1.807) is 34.4 Å². The molecule has 0 aliphatic rings. The molecule has 0 atom stereocenters. The third-order valence-electron chi connectivity index (χ3n) is 4.86. The average molecular weight is 447 g/mol. The van der Waals surface area contributed by atoms with Gasteiger partial charge in [0, 0.05) is 26.6 Å². The first-order chi connectivity index (χ1) is 14.5. The normalized spacial score (nSPS) is 11.4. The van der Waals surface area contributed by atoms with Crippen LogP contribution in [0.4, 0.5) is 0 Å². The smallest absolute Gasteiger partial charge is 0.116 e. The van der Waals surface area contributed by atoms with Crippen molar-refractivity contribution in [3.05, 3.63) is 81.4 Å². The summed E-state index contributed by atoms with van der Waals surface area (Å²) in [5.74, 6) is 0.815. The Hall–Kier alpha value is -2.39. The van der Waals surface area contributed by atoms with Crippen LogP contribution in [0.15, 0.2) is 70.4 Å². The maximum Gasteiger partial charge on any atom is 0.116 e. The molecule has 150 valence electrons. The van der Waals surface area contributed by atoms with Crippen LogP contribution < -0.4 is 0 Å². The minimum atomic E-state index is 0.112. The van der Waals surface area contributed by atoms with Crippen molar-refractivity contribution in [2.45, 2.75) is 37.0 Å². The molecule has 3 heterocycles. The van der Waals surface area contributed by atoms with Gasteiger partial charge in [-0.05, 0) is 39.9 Å². The first kappa shape index (κ1) is 20.9. The van der Waals surface area contributed by atoms with Crippen molar-refractivity contribution < 1.29 is 0 Å². The van der Waals surface area contributed by atoms with Crippen molar-refractivity contribution in [1.82, 2.24) is 4.98 Å². The zero-order valence-corrected chi connectivity index (χ0v) is 19.6. The maximum atomic E-state index is 9.95. The number of pyridine rings is 1. The quantitative estimate of drug-likeness (QED) is 0.291. The predicted octanol–water partition coefficient (Wildman–Crippen LogP) is 8.00. The summed E-state index contributed by atoms with van der Waals surface area (Å²) in [5, 5.41) is 14.9. The van der Waals surface area contributed by atoms with Gasteiger partial charge in [0.25, 0.3) is 0 Å². The summed E-state index contributed by atoms with van der Waals surface area (Å²) in [6.45, 7) is 6.66. The second-order valence-electron chi connectivity index (χ2n) is 8.02. The van der Waals surface area contributed by atoms with E-state index in [4.69, 9.17) is 4.98 Å². The molecule has 4 rings (SSSR count). The number of benzene rings is 1. The summed E-state index contributed by atoms with van der Waals surface area (Å²) < 4.78 is 0. The van der Waals surface area contributed by atoms with Gasteiger partial charge in [0.05, 0.1) is 11.3 Å². The standard InChI is InChI=1S/C25H22N2S3/c1-25(2,3)18-10-8-17(9-11-18)22-14-20(23-7-5-13-29-23)21(15-26)24(27-22)30-16-19-6-4-12-28-19/h4-14H,16H2,1-3H3. The van der Waals surface area contributed by atoms with Gasteiger partial charge in [-0.1, -0.05) is 68.9 Å². The first-order valence-electron chi connectivity index (χ1n) is 9.71. The third kappa shape index (κ3) is 4.52. The second kappa shape index (κ2) is 8.77. The summed E-state index contributed by atoms with van der Waals surface area (Å²) in [5.41, 5.74) is 5.01. The highest BCUT2D eigenvalue weighted by Gasteiger charge is 2.18. The van der Waals surface area contributed by atoms with E-state index in [0.717, 1.165) is 32.5 Å². The van der Waals surface area contributed by atoms with Gasteiger partial charge < -0.3 is 0 Å². The molecule has 2 nitrogen and oxygen atoms in total. The highest BCUT2D eigenvalue weighted by Crippen LogP contribution is 2.37. The number of hydrogen-bond acceptors (Lipinski definition) is 5. The van der Waals surface area contributed by atoms with Gasteiger partial charge in [0.1, 0.15) is 11.1 Å². The molecular weight excluding hydrogens is 424 g/mol. The molecule has 0 fully saturated rings. The van der Waals surface area contributed by atoms with Gasteiger partial charge in [0.15, 0.2) is 0 Å². The number of rotatable bonds is 5. The lowest BCUT2D eigenvalue weighted by Gasteiger charge is -2.19. The van der Waals surface area contributed by atoms with Gasteiger partial charge in [-0.15, -0.1) is 22.7 Å². The lowest BCUT2D eigenvalue weighted by Crippen LogP contribution is -2.10. The molecule has 0 unspecified atom stereocenters. The minimum absolute atomic E-state index is 0.112. The average Bonchev–Trinajstić information content (AvgIpc) is 3.45. The molecule has 0 aliphatic heterocycles. The molecule has 0 aliphatic carbocycles. The summed E-state index contributed by atoms with van der Waals surface area (Å²) in [7, 11) is 0. The number of thioether (sulfide) groups is 1. The highest BCUT2D eigenvalue weighted by molar-refractivity contribution is 7.98. The molecule has 1 aromatic carbocycles. The molecule has 0 amide bonds. The number of hydrogen-bond donors (Lipinski definition) is 0. The van der Waals surface area contributed by atoms with Crippen molar-refractivity contribution in [2.24, 2.45) is 0 Å². The Labute approximate surface area is 190 Å². The van der Waals surface area contributed by atoms with E-state index >= 15 is 0 Å². The molecule has 0 saturated carbocycles. The van der Waals surface area contributed by atoms with Crippen LogP contribution >= 0.6 is 34.4 Å². The van der Waals surface area contributed by atoms with Gasteiger partial charge in [-0.3, -0.25) is 0 Å². The Kier molecular flexibility index (Phi) is 6.10. The molecule has 0 radical (unpaired) electrons. The Balaban J connectivity index is 1.79. The Morgan fingerprint density at radius 1 is 1.00 bits per heavy atom. The molecule has 0 saturated heterocycles. The van der Waals surface area contributed by atoms with Gasteiger partial charge in [-0.25, -0.2) is 4.98 Å². The minimum Gasteiger partial charge on any atom is -0.240 e. The summed E-state index contributed by atoms with van der Waals surface area (Å²) in [6, 6.07) is 21.4. The number of nitrogens with zero attached hydrogens (tertiary/aromatic N) is 2. The molecule has 30 heavy (non-hydrogen) atoms. The van der Waals surface area contributed by atoms with Crippen molar-refractivity contribution in [1.29, 1.82) is 5.26 Å². The summed E-state index contributed by atoms with van der Waals surface area (Å²) in [4.78, 5) is 7.30. The van der Waals surface area contributed by atoms with Crippen LogP contribution in [0.25, 0.3) is 21.7 Å². The SMILES string of the molecule is CC(C)(C)c1ccc(-c2cc(-c3cccs3)c(C#N)c(SCc3cccs3)n2)cc1. The highest BCUT2D eigenvalue weighted by atomic mass is 32.2. The topological polar surface area (TPSA) is 36.7 Å². The fraction of sp³-hybridized carbons (Fsp3) is 0.200. The zero-order chi connectivity index (χ0) is 21.1. The van der Waals surface area contributed by atoms with E-state index in [1.807, 2.05) is 11.4 Å². The van der Waals surface area contributed by atoms with Crippen molar-refractivity contribution >= 4 is 34.4 Å². The Morgan fingerprint density at radius 2 is 1.73 bits per heavy atom. The zero-order valence-electron chi connectivity index (χ0n) is 17.2.